The van der Waals surface area contributed by atoms with E-state index < -0.39 is 29.8 Å². The van der Waals surface area contributed by atoms with Gasteiger partial charge in [-0.3, -0.25) is 20.2 Å². The number of piperidine rings is 1. The number of aryl methyl sites for hydroxylation is 1. The average molecular weight is 480 g/mol. The molecule has 2 N–H and O–H groups in total. The fraction of sp³-hybridized carbons (Fsp3) is 0.318. The van der Waals surface area contributed by atoms with Gasteiger partial charge in [-0.2, -0.15) is 0 Å². The lowest BCUT2D eigenvalue weighted by Gasteiger charge is -2.40. The van der Waals surface area contributed by atoms with Gasteiger partial charge in [0.2, 0.25) is 11.8 Å². The molecule has 1 unspecified atom stereocenters. The predicted octanol–water partition coefficient (Wildman–Crippen LogP) is 4.40. The minimum Gasteiger partial charge on any atom is -0.442 e. The number of carbonyl (C=O) groups is 3. The van der Waals surface area contributed by atoms with E-state index in [0.717, 1.165) is 5.56 Å². The van der Waals surface area contributed by atoms with Crippen molar-refractivity contribution < 1.29 is 23.5 Å². The Kier molecular flexibility index (Phi) is 6.26. The van der Waals surface area contributed by atoms with Crippen LogP contribution in [0.15, 0.2) is 30.3 Å². The van der Waals surface area contributed by atoms with Crippen molar-refractivity contribution in [1.82, 2.24) is 5.32 Å². The summed E-state index contributed by atoms with van der Waals surface area (Å²) in [4.78, 5) is 37.2. The molecule has 2 aliphatic heterocycles. The first-order valence-corrected chi connectivity index (χ1v) is 10.8. The monoisotopic (exact) mass is 479 g/mol. The van der Waals surface area contributed by atoms with Crippen molar-refractivity contribution in [2.45, 2.75) is 31.8 Å². The third kappa shape index (κ3) is 4.52. The minimum atomic E-state index is -0.671. The fourth-order valence-corrected chi connectivity index (χ4v) is 4.21. The third-order valence-electron chi connectivity index (χ3n) is 5.59. The molecule has 2 aromatic carbocycles. The van der Waals surface area contributed by atoms with Crippen LogP contribution in [0.2, 0.25) is 10.0 Å². The van der Waals surface area contributed by atoms with Crippen molar-refractivity contribution in [2.75, 3.05) is 23.3 Å². The van der Waals surface area contributed by atoms with E-state index in [1.165, 1.54) is 0 Å². The summed E-state index contributed by atoms with van der Waals surface area (Å²) >= 11 is 12.3. The van der Waals surface area contributed by atoms with Crippen molar-refractivity contribution in [1.29, 1.82) is 0 Å². The zero-order valence-electron chi connectivity index (χ0n) is 17.1. The Labute approximate surface area is 193 Å². The molecule has 2 aliphatic rings. The Morgan fingerprint density at radius 1 is 1.22 bits per heavy atom. The molecule has 168 valence electrons. The van der Waals surface area contributed by atoms with Crippen molar-refractivity contribution in [3.8, 4) is 0 Å². The molecule has 0 spiro atoms. The van der Waals surface area contributed by atoms with Crippen LogP contribution >= 0.6 is 23.2 Å². The summed E-state index contributed by atoms with van der Waals surface area (Å²) in [5.41, 5.74) is 2.02. The number of benzene rings is 2. The highest BCUT2D eigenvalue weighted by molar-refractivity contribution is 6.32. The van der Waals surface area contributed by atoms with Crippen LogP contribution in [0.5, 0.6) is 0 Å². The lowest BCUT2D eigenvalue weighted by molar-refractivity contribution is -0.134. The van der Waals surface area contributed by atoms with Gasteiger partial charge in [-0.25, -0.2) is 9.18 Å². The molecular weight excluding hydrogens is 460 g/mol. The van der Waals surface area contributed by atoms with Gasteiger partial charge >= 0.3 is 6.09 Å². The van der Waals surface area contributed by atoms with Gasteiger partial charge in [0.05, 0.1) is 29.7 Å². The highest BCUT2D eigenvalue weighted by Gasteiger charge is 2.35. The van der Waals surface area contributed by atoms with Gasteiger partial charge in [0, 0.05) is 17.1 Å². The van der Waals surface area contributed by atoms with E-state index in [-0.39, 0.29) is 29.5 Å². The van der Waals surface area contributed by atoms with Gasteiger partial charge in [-0.15, -0.1) is 0 Å². The maximum Gasteiger partial charge on any atom is 0.412 e. The van der Waals surface area contributed by atoms with Gasteiger partial charge in [-0.05, 0) is 42.7 Å². The third-order valence-corrected chi connectivity index (χ3v) is 6.38. The Bertz CT molecular complexity index is 1100. The smallest absolute Gasteiger partial charge is 0.412 e. The number of imide groups is 1. The molecule has 4 rings (SSSR count). The van der Waals surface area contributed by atoms with Crippen molar-refractivity contribution in [3.63, 3.8) is 0 Å². The molecule has 0 bridgehead atoms. The molecule has 1 atom stereocenters. The zero-order chi connectivity index (χ0) is 23.0. The average Bonchev–Trinajstić information content (AvgIpc) is 2.70. The van der Waals surface area contributed by atoms with Crippen molar-refractivity contribution >= 4 is 52.5 Å². The summed E-state index contributed by atoms with van der Waals surface area (Å²) in [5, 5.41) is 5.25. The number of carbonyl (C=O) groups excluding carboxylic acids is 3. The first-order chi connectivity index (χ1) is 15.2. The van der Waals surface area contributed by atoms with E-state index in [0.29, 0.717) is 29.4 Å². The number of halogens is 3. The summed E-state index contributed by atoms with van der Waals surface area (Å²) in [5.74, 6) is -2.14. The topological polar surface area (TPSA) is 87.7 Å². The van der Waals surface area contributed by atoms with Gasteiger partial charge in [-0.1, -0.05) is 35.3 Å². The number of amides is 3. The molecule has 0 aromatic heterocycles. The van der Waals surface area contributed by atoms with Crippen LogP contribution in [0.1, 0.15) is 29.9 Å². The second-order valence-corrected chi connectivity index (χ2v) is 8.61. The van der Waals surface area contributed by atoms with E-state index in [1.54, 1.807) is 35.2 Å². The number of hydrogen-bond acceptors (Lipinski definition) is 5. The lowest BCUT2D eigenvalue weighted by atomic mass is 9.90. The van der Waals surface area contributed by atoms with Crippen molar-refractivity contribution in [3.05, 3.63) is 57.3 Å². The molecule has 0 saturated carbocycles. The number of nitrogens with zero attached hydrogens (tertiary/aromatic N) is 1. The van der Waals surface area contributed by atoms with Crippen LogP contribution in [0, 0.1) is 12.7 Å². The standard InChI is InChI=1S/C22H20Cl2FN3O4/c1-11-2-3-12(8-16(11)23)26-22(31)32-13-9-28(10-13)17-6-4-14(19(24)20(17)25)15-5-7-18(29)27-21(15)30/h2-4,6,8,13,15H,5,7,9-10H2,1H3,(H,26,31)(H,27,29,30). The number of ether oxygens (including phenoxy) is 1. The molecule has 0 aliphatic carbocycles. The molecule has 2 saturated heterocycles. The Hall–Kier alpha value is -2.84. The zero-order valence-corrected chi connectivity index (χ0v) is 18.6. The van der Waals surface area contributed by atoms with E-state index in [9.17, 15) is 18.8 Å². The van der Waals surface area contributed by atoms with Crippen LogP contribution < -0.4 is 15.5 Å². The van der Waals surface area contributed by atoms with Crippen LogP contribution in [0.25, 0.3) is 0 Å². The summed E-state index contributed by atoms with van der Waals surface area (Å²) in [6, 6.07) is 8.28. The summed E-state index contributed by atoms with van der Waals surface area (Å²) in [6.45, 7) is 2.45. The maximum atomic E-state index is 14.9. The maximum absolute atomic E-state index is 14.9. The number of hydrogen-bond donors (Lipinski definition) is 2. The minimum absolute atomic E-state index is 0.143. The SMILES string of the molecule is Cc1ccc(NC(=O)OC2CN(c3ccc(C4CCC(=O)NC4=O)c(Cl)c3F)C2)cc1Cl. The predicted molar refractivity (Wildman–Crippen MR) is 119 cm³/mol. The second kappa shape index (κ2) is 8.96. The summed E-state index contributed by atoms with van der Waals surface area (Å²) < 4.78 is 20.3. The number of anilines is 2. The molecule has 2 fully saturated rings. The number of rotatable bonds is 4. The Balaban J connectivity index is 1.35. The van der Waals surface area contributed by atoms with Crippen LogP contribution in [0.4, 0.5) is 20.6 Å². The molecule has 2 aromatic rings. The quantitative estimate of drug-likeness (QED) is 0.634. The lowest BCUT2D eigenvalue weighted by Crippen LogP contribution is -2.53. The highest BCUT2D eigenvalue weighted by Crippen LogP contribution is 2.37. The first kappa shape index (κ1) is 22.4. The van der Waals surface area contributed by atoms with E-state index in [1.807, 2.05) is 6.92 Å². The molecule has 10 heteroatoms. The number of nitrogens with one attached hydrogen (secondary N) is 2. The van der Waals surface area contributed by atoms with Gasteiger partial charge in [0.25, 0.3) is 0 Å². The molecule has 3 amide bonds. The van der Waals surface area contributed by atoms with Crippen LogP contribution in [-0.4, -0.2) is 37.1 Å². The first-order valence-electron chi connectivity index (χ1n) is 10.0. The molecule has 2 heterocycles. The Morgan fingerprint density at radius 2 is 1.97 bits per heavy atom. The van der Waals surface area contributed by atoms with E-state index in [2.05, 4.69) is 10.6 Å². The molecule has 7 nitrogen and oxygen atoms in total. The van der Waals surface area contributed by atoms with Gasteiger partial charge < -0.3 is 9.64 Å². The summed E-state index contributed by atoms with van der Waals surface area (Å²) in [7, 11) is 0. The van der Waals surface area contributed by atoms with Gasteiger partial charge in [0.15, 0.2) is 5.82 Å². The highest BCUT2D eigenvalue weighted by atomic mass is 35.5. The van der Waals surface area contributed by atoms with Gasteiger partial charge in [0.1, 0.15) is 6.10 Å². The van der Waals surface area contributed by atoms with Crippen LogP contribution in [0.3, 0.4) is 0 Å². The normalized spacial score (nSPS) is 18.8. The molecular formula is C22H20Cl2FN3O4. The van der Waals surface area contributed by atoms with E-state index >= 15 is 0 Å². The molecule has 0 radical (unpaired) electrons. The van der Waals surface area contributed by atoms with Crippen LogP contribution in [-0.2, 0) is 14.3 Å². The fourth-order valence-electron chi connectivity index (χ4n) is 3.74. The summed E-state index contributed by atoms with van der Waals surface area (Å²) in [6.07, 6.45) is -0.576. The van der Waals surface area contributed by atoms with Crippen molar-refractivity contribution in [2.24, 2.45) is 0 Å². The van der Waals surface area contributed by atoms with E-state index in [4.69, 9.17) is 27.9 Å². The largest absolute Gasteiger partial charge is 0.442 e. The molecule has 32 heavy (non-hydrogen) atoms. The Morgan fingerprint density at radius 3 is 2.66 bits per heavy atom. The second-order valence-electron chi connectivity index (χ2n) is 7.83.